The molecule has 37 heavy (non-hydrogen) atoms. The third-order valence-electron chi connectivity index (χ3n) is 6.37. The number of carbonyl (C=O) groups is 2. The molecule has 8 nitrogen and oxygen atoms in total. The molecule has 2 N–H and O–H groups in total. The number of rotatable bonds is 9. The van der Waals surface area contributed by atoms with Crippen LogP contribution in [-0.4, -0.2) is 39.9 Å². The van der Waals surface area contributed by atoms with E-state index in [1.54, 1.807) is 36.1 Å². The fourth-order valence-electron chi connectivity index (χ4n) is 4.43. The molecule has 2 amide bonds. The first-order valence-electron chi connectivity index (χ1n) is 12.2. The highest BCUT2D eigenvalue weighted by atomic mass is 32.2. The number of amides is 2. The van der Waals surface area contributed by atoms with Crippen LogP contribution in [0.15, 0.2) is 71.6 Å². The molecule has 0 saturated carbocycles. The molecule has 3 aromatic rings. The first kappa shape index (κ1) is 26.4. The van der Waals surface area contributed by atoms with E-state index in [1.165, 1.54) is 13.2 Å². The minimum absolute atomic E-state index is 0.00125. The predicted octanol–water partition coefficient (Wildman–Crippen LogP) is 3.83. The van der Waals surface area contributed by atoms with Crippen LogP contribution in [0.1, 0.15) is 30.0 Å². The molecule has 0 bridgehead atoms. The summed E-state index contributed by atoms with van der Waals surface area (Å²) in [5.41, 5.74) is 3.71. The van der Waals surface area contributed by atoms with Gasteiger partial charge in [-0.3, -0.25) is 9.59 Å². The van der Waals surface area contributed by atoms with Gasteiger partial charge >= 0.3 is 0 Å². The van der Waals surface area contributed by atoms with Crippen molar-refractivity contribution in [2.24, 2.45) is 0 Å². The van der Waals surface area contributed by atoms with Gasteiger partial charge in [0.25, 0.3) is 0 Å². The van der Waals surface area contributed by atoms with Gasteiger partial charge in [-0.15, -0.1) is 0 Å². The first-order valence-corrected chi connectivity index (χ1v) is 13.6. The maximum atomic E-state index is 13.4. The van der Waals surface area contributed by atoms with Gasteiger partial charge in [-0.2, -0.15) is 4.72 Å². The van der Waals surface area contributed by atoms with Crippen LogP contribution in [0.25, 0.3) is 0 Å². The minimum atomic E-state index is -4.05. The van der Waals surface area contributed by atoms with E-state index in [-0.39, 0.29) is 17.2 Å². The van der Waals surface area contributed by atoms with Crippen LogP contribution in [0.5, 0.6) is 5.75 Å². The second-order valence-corrected chi connectivity index (χ2v) is 10.7. The fraction of sp³-hybridized carbons (Fsp3) is 0.286. The lowest BCUT2D eigenvalue weighted by Gasteiger charge is -2.20. The van der Waals surface area contributed by atoms with Crippen LogP contribution in [0.3, 0.4) is 0 Å². The zero-order chi connectivity index (χ0) is 26.6. The van der Waals surface area contributed by atoms with Gasteiger partial charge in [0.2, 0.25) is 21.8 Å². The third-order valence-corrected chi connectivity index (χ3v) is 7.84. The Kier molecular flexibility index (Phi) is 7.94. The molecule has 4 rings (SSSR count). The number of benzene rings is 3. The standard InChI is InChI=1S/C28H31N3O5S/c1-4-27(32)31-15-14-21-18-22(11-12-25(21)31)37(34,35)30-24(17-20-8-6-5-7-9-20)28(33)29-23-16-19(2)10-13-26(23)36-3/h5-13,16,18,24,30H,4,14-15,17H2,1-3H3,(H,29,33). The highest BCUT2D eigenvalue weighted by molar-refractivity contribution is 7.89. The zero-order valence-corrected chi connectivity index (χ0v) is 22.0. The van der Waals surface area contributed by atoms with Crippen molar-refractivity contribution in [3.05, 3.63) is 83.4 Å². The van der Waals surface area contributed by atoms with E-state index in [4.69, 9.17) is 4.74 Å². The van der Waals surface area contributed by atoms with Crippen LogP contribution in [0.2, 0.25) is 0 Å². The largest absolute Gasteiger partial charge is 0.495 e. The Morgan fingerprint density at radius 2 is 1.81 bits per heavy atom. The molecule has 0 aliphatic carbocycles. The predicted molar refractivity (Wildman–Crippen MR) is 143 cm³/mol. The van der Waals surface area contributed by atoms with Gasteiger partial charge in [0.15, 0.2) is 0 Å². The zero-order valence-electron chi connectivity index (χ0n) is 21.2. The number of nitrogens with one attached hydrogen (secondary N) is 2. The summed E-state index contributed by atoms with van der Waals surface area (Å²) in [6.07, 6.45) is 1.11. The highest BCUT2D eigenvalue weighted by Crippen LogP contribution is 2.31. The molecule has 9 heteroatoms. The maximum absolute atomic E-state index is 13.4. The summed E-state index contributed by atoms with van der Waals surface area (Å²) in [5, 5.41) is 2.83. The number of ether oxygens (including phenoxy) is 1. The van der Waals surface area contributed by atoms with E-state index in [1.807, 2.05) is 43.3 Å². The highest BCUT2D eigenvalue weighted by Gasteiger charge is 2.29. The van der Waals surface area contributed by atoms with Gasteiger partial charge in [0.05, 0.1) is 17.7 Å². The smallest absolute Gasteiger partial charge is 0.243 e. The first-order chi connectivity index (χ1) is 17.7. The van der Waals surface area contributed by atoms with E-state index in [0.717, 1.165) is 22.4 Å². The van der Waals surface area contributed by atoms with E-state index >= 15 is 0 Å². The summed E-state index contributed by atoms with van der Waals surface area (Å²) in [7, 11) is -2.54. The molecular weight excluding hydrogens is 490 g/mol. The number of aryl methyl sites for hydroxylation is 1. The number of anilines is 2. The summed E-state index contributed by atoms with van der Waals surface area (Å²) < 4.78 is 34.9. The summed E-state index contributed by atoms with van der Waals surface area (Å²) in [4.78, 5) is 27.3. The molecule has 194 valence electrons. The molecule has 1 unspecified atom stereocenters. The van der Waals surface area contributed by atoms with Crippen molar-refractivity contribution < 1.29 is 22.7 Å². The molecule has 3 aromatic carbocycles. The van der Waals surface area contributed by atoms with Crippen LogP contribution in [0.4, 0.5) is 11.4 Å². The third kappa shape index (κ3) is 6.00. The van der Waals surface area contributed by atoms with Gasteiger partial charge in [0, 0.05) is 18.7 Å². The fourth-order valence-corrected chi connectivity index (χ4v) is 5.67. The van der Waals surface area contributed by atoms with Crippen LogP contribution >= 0.6 is 0 Å². The van der Waals surface area contributed by atoms with E-state index in [2.05, 4.69) is 10.0 Å². The van der Waals surface area contributed by atoms with Crippen molar-refractivity contribution in [1.82, 2.24) is 4.72 Å². The Morgan fingerprint density at radius 1 is 1.05 bits per heavy atom. The summed E-state index contributed by atoms with van der Waals surface area (Å²) >= 11 is 0. The molecule has 0 fully saturated rings. The van der Waals surface area contributed by atoms with E-state index in [0.29, 0.717) is 30.8 Å². The number of carbonyl (C=O) groups excluding carboxylic acids is 2. The number of hydrogen-bond donors (Lipinski definition) is 2. The maximum Gasteiger partial charge on any atom is 0.243 e. The molecular formula is C28H31N3O5S. The molecule has 1 heterocycles. The van der Waals surface area contributed by atoms with Crippen molar-refractivity contribution >= 4 is 33.2 Å². The molecule has 0 saturated heterocycles. The average Bonchev–Trinajstić information content (AvgIpc) is 3.32. The second kappa shape index (κ2) is 11.1. The summed E-state index contributed by atoms with van der Waals surface area (Å²) in [5.74, 6) is -0.0269. The van der Waals surface area contributed by atoms with Gasteiger partial charge in [-0.1, -0.05) is 43.3 Å². The lowest BCUT2D eigenvalue weighted by molar-refractivity contribution is -0.118. The van der Waals surface area contributed by atoms with Gasteiger partial charge < -0.3 is 15.0 Å². The molecule has 1 atom stereocenters. The topological polar surface area (TPSA) is 105 Å². The molecule has 0 radical (unpaired) electrons. The SMILES string of the molecule is CCC(=O)N1CCc2cc(S(=O)(=O)NC(Cc3ccccc3)C(=O)Nc3cc(C)ccc3OC)ccc21. The van der Waals surface area contributed by atoms with Crippen LogP contribution < -0.4 is 19.7 Å². The van der Waals surface area contributed by atoms with Crippen molar-refractivity contribution in [1.29, 1.82) is 0 Å². The van der Waals surface area contributed by atoms with Crippen LogP contribution in [0, 0.1) is 6.92 Å². The van der Waals surface area contributed by atoms with Crippen molar-refractivity contribution in [2.75, 3.05) is 23.9 Å². The Morgan fingerprint density at radius 3 is 2.51 bits per heavy atom. The van der Waals surface area contributed by atoms with Crippen molar-refractivity contribution in [3.63, 3.8) is 0 Å². The molecule has 0 spiro atoms. The Labute approximate surface area is 217 Å². The Hall–Kier alpha value is -3.69. The van der Waals surface area contributed by atoms with E-state index in [9.17, 15) is 18.0 Å². The quantitative estimate of drug-likeness (QED) is 0.445. The molecule has 0 aromatic heterocycles. The number of methoxy groups -OCH3 is 1. The van der Waals surface area contributed by atoms with Gasteiger partial charge in [-0.25, -0.2) is 8.42 Å². The molecule has 1 aliphatic rings. The number of hydrogen-bond acceptors (Lipinski definition) is 5. The molecule has 1 aliphatic heterocycles. The van der Waals surface area contributed by atoms with Gasteiger partial charge in [-0.05, 0) is 66.8 Å². The summed E-state index contributed by atoms with van der Waals surface area (Å²) in [6.45, 7) is 4.21. The summed E-state index contributed by atoms with van der Waals surface area (Å²) in [6, 6.07) is 18.3. The Balaban J connectivity index is 1.61. The number of fused-ring (bicyclic) bond motifs is 1. The van der Waals surface area contributed by atoms with Crippen molar-refractivity contribution in [2.45, 2.75) is 44.0 Å². The van der Waals surface area contributed by atoms with Crippen molar-refractivity contribution in [3.8, 4) is 5.75 Å². The number of sulfonamides is 1. The van der Waals surface area contributed by atoms with E-state index < -0.39 is 22.0 Å². The number of nitrogens with zero attached hydrogens (tertiary/aromatic N) is 1. The lowest BCUT2D eigenvalue weighted by atomic mass is 10.1. The monoisotopic (exact) mass is 521 g/mol. The normalized spacial score (nSPS) is 13.6. The average molecular weight is 522 g/mol. The Bertz CT molecular complexity index is 1410. The second-order valence-electron chi connectivity index (χ2n) is 9.00. The lowest BCUT2D eigenvalue weighted by Crippen LogP contribution is -2.45. The van der Waals surface area contributed by atoms with Gasteiger partial charge in [0.1, 0.15) is 11.8 Å². The minimum Gasteiger partial charge on any atom is -0.495 e. The van der Waals surface area contributed by atoms with Crippen LogP contribution in [-0.2, 0) is 32.5 Å².